The van der Waals surface area contributed by atoms with Crippen LogP contribution in [-0.2, 0) is 4.84 Å². The van der Waals surface area contributed by atoms with E-state index in [1.165, 1.54) is 0 Å². The van der Waals surface area contributed by atoms with E-state index in [-0.39, 0.29) is 11.4 Å². The zero-order valence-electron chi connectivity index (χ0n) is 9.09. The topological polar surface area (TPSA) is 139 Å². The van der Waals surface area contributed by atoms with Gasteiger partial charge in [0.1, 0.15) is 6.10 Å². The number of benzene rings is 1. The van der Waals surface area contributed by atoms with Gasteiger partial charge in [0, 0.05) is 12.1 Å². The van der Waals surface area contributed by atoms with Crippen molar-refractivity contribution in [2.24, 2.45) is 0 Å². The minimum Gasteiger partial charge on any atom is -0.305 e. The number of nitro benzene ring substituents is 2. The van der Waals surface area contributed by atoms with Crippen molar-refractivity contribution in [2.75, 3.05) is 5.88 Å². The number of nitro groups is 2. The standard InChI is InChI=1S/C8H6ClN3O7/c9-4-8(19-12(17)18)5-1-2-6(10(13)14)7(3-5)11(15)16/h1-3,8H,4H2/t8-/m1/s1. The maximum Gasteiger partial charge on any atom is 0.346 e. The largest absolute Gasteiger partial charge is 0.346 e. The Morgan fingerprint density at radius 1 is 1.11 bits per heavy atom. The maximum atomic E-state index is 10.7. The van der Waals surface area contributed by atoms with Crippen LogP contribution >= 0.6 is 11.6 Å². The molecule has 0 amide bonds. The second-order valence-electron chi connectivity index (χ2n) is 3.23. The number of hydrogen-bond donors (Lipinski definition) is 0. The third-order valence-electron chi connectivity index (χ3n) is 2.12. The van der Waals surface area contributed by atoms with Gasteiger partial charge in [-0.05, 0) is 11.6 Å². The summed E-state index contributed by atoms with van der Waals surface area (Å²) >= 11 is 5.45. The molecule has 0 aliphatic carbocycles. The van der Waals surface area contributed by atoms with Crippen molar-refractivity contribution in [3.8, 4) is 0 Å². The van der Waals surface area contributed by atoms with E-state index in [2.05, 4.69) is 4.84 Å². The van der Waals surface area contributed by atoms with E-state index in [1.54, 1.807) is 0 Å². The van der Waals surface area contributed by atoms with Gasteiger partial charge in [-0.25, -0.2) is 0 Å². The summed E-state index contributed by atoms with van der Waals surface area (Å²) in [6.45, 7) is 0. The van der Waals surface area contributed by atoms with Crippen LogP contribution in [0.5, 0.6) is 0 Å². The van der Waals surface area contributed by atoms with Crippen molar-refractivity contribution in [1.82, 2.24) is 0 Å². The molecule has 1 aromatic rings. The summed E-state index contributed by atoms with van der Waals surface area (Å²) < 4.78 is 0. The van der Waals surface area contributed by atoms with Crippen molar-refractivity contribution < 1.29 is 19.8 Å². The highest BCUT2D eigenvalue weighted by atomic mass is 35.5. The Kier molecular flexibility index (Phi) is 4.53. The highest BCUT2D eigenvalue weighted by Crippen LogP contribution is 2.31. The average Bonchev–Trinajstić information content (AvgIpc) is 2.34. The highest BCUT2D eigenvalue weighted by molar-refractivity contribution is 6.18. The van der Waals surface area contributed by atoms with Crippen LogP contribution in [0.4, 0.5) is 11.4 Å². The zero-order chi connectivity index (χ0) is 14.6. The summed E-state index contributed by atoms with van der Waals surface area (Å²) in [5.74, 6) is -0.337. The van der Waals surface area contributed by atoms with Gasteiger partial charge in [-0.15, -0.1) is 21.7 Å². The Bertz CT molecular complexity index is 535. The minimum absolute atomic E-state index is 0.00370. The molecule has 1 atom stereocenters. The van der Waals surface area contributed by atoms with Crippen molar-refractivity contribution in [3.63, 3.8) is 0 Å². The van der Waals surface area contributed by atoms with Crippen molar-refractivity contribution in [2.45, 2.75) is 6.10 Å². The van der Waals surface area contributed by atoms with Gasteiger partial charge in [-0.2, -0.15) is 0 Å². The molecule has 0 radical (unpaired) electrons. The molecule has 11 heteroatoms. The van der Waals surface area contributed by atoms with E-state index in [0.717, 1.165) is 18.2 Å². The highest BCUT2D eigenvalue weighted by Gasteiger charge is 2.27. The normalized spacial score (nSPS) is 11.6. The number of rotatable bonds is 6. The fourth-order valence-corrected chi connectivity index (χ4v) is 1.56. The zero-order valence-corrected chi connectivity index (χ0v) is 9.85. The molecule has 0 saturated carbocycles. The Morgan fingerprint density at radius 2 is 1.68 bits per heavy atom. The summed E-state index contributed by atoms with van der Waals surface area (Å²) in [5, 5.41) is 30.4. The fourth-order valence-electron chi connectivity index (χ4n) is 1.32. The van der Waals surface area contributed by atoms with Crippen LogP contribution in [0.2, 0.25) is 0 Å². The fraction of sp³-hybridized carbons (Fsp3) is 0.250. The summed E-state index contributed by atoms with van der Waals surface area (Å²) in [6.07, 6.45) is -1.24. The van der Waals surface area contributed by atoms with Crippen molar-refractivity contribution in [1.29, 1.82) is 0 Å². The molecule has 19 heavy (non-hydrogen) atoms. The molecule has 0 N–H and O–H groups in total. The molecule has 0 aliphatic rings. The monoisotopic (exact) mass is 291 g/mol. The van der Waals surface area contributed by atoms with Gasteiger partial charge in [0.15, 0.2) is 0 Å². The van der Waals surface area contributed by atoms with Gasteiger partial charge in [0.05, 0.1) is 15.7 Å². The first-order valence-electron chi connectivity index (χ1n) is 4.66. The van der Waals surface area contributed by atoms with Gasteiger partial charge >= 0.3 is 11.4 Å². The number of halogens is 1. The third kappa shape index (κ3) is 3.48. The number of alkyl halides is 1. The first kappa shape index (κ1) is 14.6. The van der Waals surface area contributed by atoms with E-state index in [9.17, 15) is 30.3 Å². The molecule has 0 heterocycles. The number of nitrogens with zero attached hydrogens (tertiary/aromatic N) is 3. The summed E-state index contributed by atoms with van der Waals surface area (Å²) in [5.41, 5.74) is -1.50. The second kappa shape index (κ2) is 5.91. The van der Waals surface area contributed by atoms with Crippen LogP contribution in [0.15, 0.2) is 18.2 Å². The molecule has 0 aromatic heterocycles. The third-order valence-corrected chi connectivity index (χ3v) is 2.40. The van der Waals surface area contributed by atoms with Crippen LogP contribution in [0.3, 0.4) is 0 Å². The van der Waals surface area contributed by atoms with E-state index >= 15 is 0 Å². The molecule has 10 nitrogen and oxygen atoms in total. The lowest BCUT2D eigenvalue weighted by atomic mass is 10.1. The van der Waals surface area contributed by atoms with E-state index in [4.69, 9.17) is 11.6 Å². The van der Waals surface area contributed by atoms with Gasteiger partial charge < -0.3 is 4.84 Å². The molecule has 0 bridgehead atoms. The van der Waals surface area contributed by atoms with Gasteiger partial charge in [-0.1, -0.05) is 0 Å². The average molecular weight is 292 g/mol. The first-order valence-corrected chi connectivity index (χ1v) is 5.20. The molecular weight excluding hydrogens is 286 g/mol. The van der Waals surface area contributed by atoms with Gasteiger partial charge in [-0.3, -0.25) is 20.2 Å². The number of hydrogen-bond acceptors (Lipinski definition) is 7. The Labute approximate surface area is 109 Å². The van der Waals surface area contributed by atoms with E-state index in [0.29, 0.717) is 0 Å². The predicted molar refractivity (Wildman–Crippen MR) is 61.3 cm³/mol. The van der Waals surface area contributed by atoms with Crippen LogP contribution in [0.1, 0.15) is 11.7 Å². The lowest BCUT2D eigenvalue weighted by Gasteiger charge is -2.11. The Balaban J connectivity index is 3.24. The second-order valence-corrected chi connectivity index (χ2v) is 3.54. The Hall–Kier alpha value is -2.49. The lowest BCUT2D eigenvalue weighted by molar-refractivity contribution is -0.769. The van der Waals surface area contributed by atoms with E-state index < -0.39 is 32.4 Å². The summed E-state index contributed by atoms with van der Waals surface area (Å²) in [6, 6.07) is 2.81. The molecule has 0 spiro atoms. The molecule has 1 rings (SSSR count). The van der Waals surface area contributed by atoms with E-state index in [1.807, 2.05) is 0 Å². The van der Waals surface area contributed by atoms with Crippen LogP contribution in [0.25, 0.3) is 0 Å². The minimum atomic E-state index is -1.24. The SMILES string of the molecule is O=[N+]([O-])O[C@H](CCl)c1ccc([N+](=O)[O-])c([N+](=O)[O-])c1. The van der Waals surface area contributed by atoms with Crippen molar-refractivity contribution >= 4 is 23.0 Å². The quantitative estimate of drug-likeness (QED) is 0.443. The van der Waals surface area contributed by atoms with Crippen LogP contribution in [0, 0.1) is 30.3 Å². The summed E-state index contributed by atoms with van der Waals surface area (Å²) in [7, 11) is 0. The predicted octanol–water partition coefficient (Wildman–Crippen LogP) is 1.99. The molecule has 0 aliphatic heterocycles. The van der Waals surface area contributed by atoms with Gasteiger partial charge in [0.25, 0.3) is 5.09 Å². The smallest absolute Gasteiger partial charge is 0.305 e. The Morgan fingerprint density at radius 3 is 2.11 bits per heavy atom. The first-order chi connectivity index (χ1) is 8.86. The molecule has 0 saturated heterocycles. The summed E-state index contributed by atoms with van der Waals surface area (Å²) in [4.78, 5) is 33.8. The maximum absolute atomic E-state index is 10.7. The molecule has 0 fully saturated rings. The molecule has 1 aromatic carbocycles. The van der Waals surface area contributed by atoms with Crippen LogP contribution in [-0.4, -0.2) is 20.8 Å². The van der Waals surface area contributed by atoms with Crippen LogP contribution < -0.4 is 0 Å². The molecule has 0 unspecified atom stereocenters. The lowest BCUT2D eigenvalue weighted by Crippen LogP contribution is -2.11. The molecule has 102 valence electrons. The van der Waals surface area contributed by atoms with Gasteiger partial charge in [0.2, 0.25) is 0 Å². The molecular formula is C8H6ClN3O7. The van der Waals surface area contributed by atoms with Crippen molar-refractivity contribution in [3.05, 3.63) is 54.1 Å².